The van der Waals surface area contributed by atoms with Gasteiger partial charge in [-0.25, -0.2) is 0 Å². The minimum atomic E-state index is -0.373. The Labute approximate surface area is 166 Å². The number of carbonyl (C=O) groups is 3. The predicted octanol–water partition coefficient (Wildman–Crippen LogP) is 1.35. The second-order valence-electron chi connectivity index (χ2n) is 7.97. The molecule has 0 bridgehead atoms. The Morgan fingerprint density at radius 2 is 1.89 bits per heavy atom. The van der Waals surface area contributed by atoms with Crippen molar-refractivity contribution >= 4 is 23.4 Å². The predicted molar refractivity (Wildman–Crippen MR) is 108 cm³/mol. The van der Waals surface area contributed by atoms with Crippen LogP contribution in [-0.4, -0.2) is 54.8 Å². The zero-order valence-corrected chi connectivity index (χ0v) is 16.7. The second-order valence-corrected chi connectivity index (χ2v) is 7.97. The lowest BCUT2D eigenvalue weighted by atomic mass is 9.96. The molecule has 0 aromatic heterocycles. The zero-order valence-electron chi connectivity index (χ0n) is 16.7. The molecule has 0 unspecified atom stereocenters. The third kappa shape index (κ3) is 5.55. The van der Waals surface area contributed by atoms with E-state index in [2.05, 4.69) is 27.8 Å². The third-order valence-corrected chi connectivity index (χ3v) is 5.74. The number of aryl methyl sites for hydroxylation is 2. The van der Waals surface area contributed by atoms with E-state index in [-0.39, 0.29) is 23.8 Å². The van der Waals surface area contributed by atoms with Gasteiger partial charge in [-0.05, 0) is 75.4 Å². The molecule has 2 fully saturated rings. The number of hydrogen-bond donors (Lipinski definition) is 3. The van der Waals surface area contributed by atoms with E-state index in [1.807, 2.05) is 25.1 Å². The summed E-state index contributed by atoms with van der Waals surface area (Å²) in [6.07, 6.45) is 2.92. The Hall–Kier alpha value is -2.41. The van der Waals surface area contributed by atoms with Crippen LogP contribution in [0.25, 0.3) is 0 Å². The first-order valence-electron chi connectivity index (χ1n) is 10.1. The number of benzene rings is 1. The van der Waals surface area contributed by atoms with Gasteiger partial charge in [0.1, 0.15) is 6.04 Å². The Kier molecular flexibility index (Phi) is 6.67. The largest absolute Gasteiger partial charge is 0.354 e. The number of nitrogens with zero attached hydrogens (tertiary/aromatic N) is 1. The molecule has 0 radical (unpaired) electrons. The molecule has 0 spiro atoms. The van der Waals surface area contributed by atoms with Crippen molar-refractivity contribution < 1.29 is 14.4 Å². The third-order valence-electron chi connectivity index (χ3n) is 5.74. The maximum Gasteiger partial charge on any atom is 0.242 e. The molecule has 1 atom stereocenters. The van der Waals surface area contributed by atoms with E-state index >= 15 is 0 Å². The van der Waals surface area contributed by atoms with E-state index in [0.29, 0.717) is 31.8 Å². The molecule has 1 aromatic rings. The highest BCUT2D eigenvalue weighted by molar-refractivity contribution is 5.92. The first-order valence-corrected chi connectivity index (χ1v) is 10.1. The van der Waals surface area contributed by atoms with Gasteiger partial charge in [0, 0.05) is 18.7 Å². The number of amides is 3. The number of hydrogen-bond acceptors (Lipinski definition) is 4. The number of piperidine rings is 1. The van der Waals surface area contributed by atoms with Crippen LogP contribution >= 0.6 is 0 Å². The molecule has 2 saturated heterocycles. The molecule has 2 aliphatic heterocycles. The van der Waals surface area contributed by atoms with Crippen molar-refractivity contribution in [3.63, 3.8) is 0 Å². The first kappa shape index (κ1) is 20.3. The summed E-state index contributed by atoms with van der Waals surface area (Å²) in [5.41, 5.74) is 3.21. The summed E-state index contributed by atoms with van der Waals surface area (Å²) in [5.74, 6) is 0.292. The summed E-state index contributed by atoms with van der Waals surface area (Å²) in [6.45, 7) is 6.81. The molecule has 3 N–H and O–H groups in total. The molecule has 28 heavy (non-hydrogen) atoms. The molecule has 1 aromatic carbocycles. The van der Waals surface area contributed by atoms with E-state index in [1.165, 1.54) is 5.56 Å². The average molecular weight is 386 g/mol. The summed E-state index contributed by atoms with van der Waals surface area (Å²) in [4.78, 5) is 37.7. The summed E-state index contributed by atoms with van der Waals surface area (Å²) < 4.78 is 0. The van der Waals surface area contributed by atoms with Crippen LogP contribution in [0.1, 0.15) is 36.8 Å². The van der Waals surface area contributed by atoms with Gasteiger partial charge in [0.05, 0.1) is 6.54 Å². The van der Waals surface area contributed by atoms with Crippen molar-refractivity contribution in [2.45, 2.75) is 45.6 Å². The van der Waals surface area contributed by atoms with Crippen molar-refractivity contribution in [1.29, 1.82) is 0 Å². The van der Waals surface area contributed by atoms with Crippen molar-refractivity contribution in [3.05, 3.63) is 29.3 Å². The second kappa shape index (κ2) is 9.19. The molecule has 152 valence electrons. The number of carbonyl (C=O) groups excluding carboxylic acids is 3. The van der Waals surface area contributed by atoms with E-state index < -0.39 is 0 Å². The summed E-state index contributed by atoms with van der Waals surface area (Å²) in [7, 11) is 0. The highest BCUT2D eigenvalue weighted by Gasteiger charge is 2.28. The van der Waals surface area contributed by atoms with E-state index in [1.54, 1.807) is 0 Å². The van der Waals surface area contributed by atoms with Crippen LogP contribution in [0.3, 0.4) is 0 Å². The van der Waals surface area contributed by atoms with Crippen molar-refractivity contribution in [3.8, 4) is 0 Å². The van der Waals surface area contributed by atoms with Gasteiger partial charge in [-0.1, -0.05) is 6.07 Å². The highest BCUT2D eigenvalue weighted by Crippen LogP contribution is 2.18. The normalized spacial score (nSPS) is 20.6. The van der Waals surface area contributed by atoms with Crippen molar-refractivity contribution in [2.24, 2.45) is 5.92 Å². The van der Waals surface area contributed by atoms with Gasteiger partial charge in [0.15, 0.2) is 0 Å². The zero-order chi connectivity index (χ0) is 20.1. The van der Waals surface area contributed by atoms with Crippen LogP contribution < -0.4 is 16.0 Å². The fourth-order valence-electron chi connectivity index (χ4n) is 3.75. The van der Waals surface area contributed by atoms with Gasteiger partial charge in [-0.3, -0.25) is 19.3 Å². The van der Waals surface area contributed by atoms with Crippen LogP contribution in [0.2, 0.25) is 0 Å². The Morgan fingerprint density at radius 3 is 2.54 bits per heavy atom. The van der Waals surface area contributed by atoms with Crippen LogP contribution in [0.4, 0.5) is 5.69 Å². The molecular weight excluding hydrogens is 356 g/mol. The Balaban J connectivity index is 1.35. The average Bonchev–Trinajstić information content (AvgIpc) is 3.10. The summed E-state index contributed by atoms with van der Waals surface area (Å²) in [5, 5.41) is 8.63. The fraction of sp³-hybridized carbons (Fsp3) is 0.571. The molecule has 3 rings (SSSR count). The smallest absolute Gasteiger partial charge is 0.242 e. The molecular formula is C21H30N4O3. The maximum absolute atomic E-state index is 12.3. The lowest BCUT2D eigenvalue weighted by Gasteiger charge is -2.31. The fourth-order valence-corrected chi connectivity index (χ4v) is 3.75. The molecule has 7 nitrogen and oxygen atoms in total. The molecule has 3 amide bonds. The maximum atomic E-state index is 12.3. The standard InChI is InChI=1S/C21H30N4O3/c1-14-3-4-17(11-15(14)2)23-20(27)13-25-9-7-16(8-10-25)12-22-21(28)18-5-6-19(26)24-18/h3-4,11,16,18H,5-10,12-13H2,1-2H3,(H,22,28)(H,23,27)(H,24,26)/t18-/m0/s1. The van der Waals surface area contributed by atoms with Gasteiger partial charge in [0.25, 0.3) is 0 Å². The van der Waals surface area contributed by atoms with Crippen LogP contribution in [0.15, 0.2) is 18.2 Å². The Bertz CT molecular complexity index is 741. The lowest BCUT2D eigenvalue weighted by Crippen LogP contribution is -2.45. The lowest BCUT2D eigenvalue weighted by molar-refractivity contribution is -0.125. The van der Waals surface area contributed by atoms with Gasteiger partial charge in [0.2, 0.25) is 17.7 Å². The Morgan fingerprint density at radius 1 is 1.14 bits per heavy atom. The van der Waals surface area contributed by atoms with Crippen LogP contribution in [0.5, 0.6) is 0 Å². The van der Waals surface area contributed by atoms with Crippen LogP contribution in [-0.2, 0) is 14.4 Å². The number of rotatable bonds is 6. The molecule has 0 saturated carbocycles. The van der Waals surface area contributed by atoms with Crippen LogP contribution in [0, 0.1) is 19.8 Å². The number of likely N-dealkylation sites (tertiary alicyclic amines) is 1. The van der Waals surface area contributed by atoms with Gasteiger partial charge >= 0.3 is 0 Å². The summed E-state index contributed by atoms with van der Waals surface area (Å²) >= 11 is 0. The van der Waals surface area contributed by atoms with Gasteiger partial charge < -0.3 is 16.0 Å². The molecule has 7 heteroatoms. The van der Waals surface area contributed by atoms with E-state index in [0.717, 1.165) is 37.2 Å². The first-order chi connectivity index (χ1) is 13.4. The quantitative estimate of drug-likeness (QED) is 0.688. The topological polar surface area (TPSA) is 90.5 Å². The molecule has 2 aliphatic rings. The highest BCUT2D eigenvalue weighted by atomic mass is 16.2. The van der Waals surface area contributed by atoms with E-state index in [4.69, 9.17) is 0 Å². The van der Waals surface area contributed by atoms with Crippen molar-refractivity contribution in [1.82, 2.24) is 15.5 Å². The van der Waals surface area contributed by atoms with Crippen molar-refractivity contribution in [2.75, 3.05) is 31.5 Å². The van der Waals surface area contributed by atoms with E-state index in [9.17, 15) is 14.4 Å². The number of nitrogens with one attached hydrogen (secondary N) is 3. The molecule has 0 aliphatic carbocycles. The monoisotopic (exact) mass is 386 g/mol. The summed E-state index contributed by atoms with van der Waals surface area (Å²) in [6, 6.07) is 5.57. The minimum absolute atomic E-state index is 0.00646. The minimum Gasteiger partial charge on any atom is -0.354 e. The SMILES string of the molecule is Cc1ccc(NC(=O)CN2CCC(CNC(=O)[C@@H]3CCC(=O)N3)CC2)cc1C. The number of anilines is 1. The van der Waals surface area contributed by atoms with Gasteiger partial charge in [-0.15, -0.1) is 0 Å². The van der Waals surface area contributed by atoms with Gasteiger partial charge in [-0.2, -0.15) is 0 Å². The molecule has 2 heterocycles.